The zero-order valence-electron chi connectivity index (χ0n) is 17.4. The van der Waals surface area contributed by atoms with Crippen LogP contribution in [-0.2, 0) is 17.9 Å². The van der Waals surface area contributed by atoms with E-state index in [-0.39, 0.29) is 11.7 Å². The Labute approximate surface area is 194 Å². The molecule has 4 aromatic rings. The summed E-state index contributed by atoms with van der Waals surface area (Å²) in [6.45, 7) is 6.50. The third-order valence-corrected chi connectivity index (χ3v) is 5.93. The molecule has 0 spiro atoms. The van der Waals surface area contributed by atoms with Crippen LogP contribution in [0.5, 0.6) is 0 Å². The lowest BCUT2D eigenvalue weighted by molar-refractivity contribution is -0.118. The van der Waals surface area contributed by atoms with Gasteiger partial charge in [0.05, 0.1) is 24.1 Å². The first-order valence-electron chi connectivity index (χ1n) is 9.88. The highest BCUT2D eigenvalue weighted by Gasteiger charge is 2.17. The van der Waals surface area contributed by atoms with Crippen LogP contribution < -0.4 is 5.32 Å². The highest BCUT2D eigenvalue weighted by Crippen LogP contribution is 2.27. The number of carbonyl (C=O) groups excluding carboxylic acids is 1. The molecule has 4 rings (SSSR count). The van der Waals surface area contributed by atoms with Crippen LogP contribution in [0.4, 0.5) is 0 Å². The van der Waals surface area contributed by atoms with Crippen LogP contribution in [0.25, 0.3) is 22.7 Å². The first kappa shape index (κ1) is 22.0. The van der Waals surface area contributed by atoms with Gasteiger partial charge in [-0.15, -0.1) is 16.8 Å². The van der Waals surface area contributed by atoms with Crippen LogP contribution in [0, 0.1) is 6.92 Å². The number of thioether (sulfide) groups is 1. The number of furan rings is 2. The summed E-state index contributed by atoms with van der Waals surface area (Å²) in [4.78, 5) is 12.4. The van der Waals surface area contributed by atoms with Crippen molar-refractivity contribution in [3.63, 3.8) is 0 Å². The average molecular weight is 469 g/mol. The van der Waals surface area contributed by atoms with Crippen molar-refractivity contribution in [2.24, 2.45) is 0 Å². The second-order valence-electron chi connectivity index (χ2n) is 6.93. The number of aromatic nitrogens is 3. The number of hydrogen-bond donors (Lipinski definition) is 1. The maximum absolute atomic E-state index is 12.4. The van der Waals surface area contributed by atoms with Crippen LogP contribution in [0.15, 0.2) is 75.4 Å². The number of rotatable bonds is 9. The Hall–Kier alpha value is -3.23. The number of benzene rings is 1. The van der Waals surface area contributed by atoms with Gasteiger partial charge in [-0.25, -0.2) is 0 Å². The third-order valence-electron chi connectivity index (χ3n) is 4.71. The molecular formula is C23H21ClN4O3S. The summed E-state index contributed by atoms with van der Waals surface area (Å²) in [5.74, 6) is 2.90. The summed E-state index contributed by atoms with van der Waals surface area (Å²) in [5, 5.41) is 12.7. The highest BCUT2D eigenvalue weighted by atomic mass is 35.5. The summed E-state index contributed by atoms with van der Waals surface area (Å²) >= 11 is 7.24. The van der Waals surface area contributed by atoms with Gasteiger partial charge in [-0.05, 0) is 49.4 Å². The van der Waals surface area contributed by atoms with E-state index in [2.05, 4.69) is 22.1 Å². The zero-order chi connectivity index (χ0) is 22.5. The minimum Gasteiger partial charge on any atom is -0.469 e. The molecule has 0 unspecified atom stereocenters. The minimum atomic E-state index is -0.131. The van der Waals surface area contributed by atoms with Crippen molar-refractivity contribution in [3.8, 4) is 22.7 Å². The van der Waals surface area contributed by atoms with Gasteiger partial charge in [0, 0.05) is 17.1 Å². The second-order valence-corrected chi connectivity index (χ2v) is 8.31. The first-order chi connectivity index (χ1) is 15.5. The van der Waals surface area contributed by atoms with E-state index in [9.17, 15) is 4.79 Å². The molecule has 7 nitrogen and oxygen atoms in total. The number of nitrogens with zero attached hydrogens (tertiary/aromatic N) is 3. The largest absolute Gasteiger partial charge is 0.469 e. The van der Waals surface area contributed by atoms with E-state index in [1.54, 1.807) is 12.3 Å². The molecular weight excluding hydrogens is 448 g/mol. The van der Waals surface area contributed by atoms with Crippen molar-refractivity contribution in [2.45, 2.75) is 25.2 Å². The highest BCUT2D eigenvalue weighted by molar-refractivity contribution is 7.99. The maximum atomic E-state index is 12.4. The van der Waals surface area contributed by atoms with Gasteiger partial charge in [-0.2, -0.15) is 0 Å². The fourth-order valence-corrected chi connectivity index (χ4v) is 4.02. The van der Waals surface area contributed by atoms with Gasteiger partial charge in [0.1, 0.15) is 17.3 Å². The van der Waals surface area contributed by atoms with E-state index in [0.29, 0.717) is 34.9 Å². The van der Waals surface area contributed by atoms with Gasteiger partial charge < -0.3 is 14.2 Å². The van der Waals surface area contributed by atoms with Gasteiger partial charge in [0.25, 0.3) is 0 Å². The molecule has 0 radical (unpaired) electrons. The Balaban J connectivity index is 1.35. The van der Waals surface area contributed by atoms with Gasteiger partial charge >= 0.3 is 0 Å². The summed E-state index contributed by atoms with van der Waals surface area (Å²) in [6, 6.07) is 13.0. The van der Waals surface area contributed by atoms with Crippen molar-refractivity contribution in [1.29, 1.82) is 0 Å². The Morgan fingerprint density at radius 2 is 2.03 bits per heavy atom. The van der Waals surface area contributed by atoms with E-state index in [0.717, 1.165) is 22.6 Å². The molecule has 1 amide bonds. The predicted octanol–water partition coefficient (Wildman–Crippen LogP) is 5.35. The second kappa shape index (κ2) is 9.93. The monoisotopic (exact) mass is 468 g/mol. The Morgan fingerprint density at radius 3 is 2.75 bits per heavy atom. The van der Waals surface area contributed by atoms with Crippen molar-refractivity contribution in [2.75, 3.05) is 5.75 Å². The van der Waals surface area contributed by atoms with E-state index in [1.165, 1.54) is 11.8 Å². The number of aryl methyl sites for hydroxylation is 1. The molecule has 3 aromatic heterocycles. The number of halogens is 1. The van der Waals surface area contributed by atoms with Gasteiger partial charge in [0.15, 0.2) is 11.0 Å². The molecule has 0 saturated carbocycles. The molecule has 9 heteroatoms. The van der Waals surface area contributed by atoms with Gasteiger partial charge in [-0.3, -0.25) is 9.36 Å². The topological polar surface area (TPSA) is 86.1 Å². The quantitative estimate of drug-likeness (QED) is 0.263. The van der Waals surface area contributed by atoms with Crippen molar-refractivity contribution >= 4 is 29.3 Å². The fraction of sp³-hybridized carbons (Fsp3) is 0.174. The van der Waals surface area contributed by atoms with Gasteiger partial charge in [0.2, 0.25) is 5.91 Å². The average Bonchev–Trinajstić information content (AvgIpc) is 3.52. The SMILES string of the molecule is C=CCn1c(SCC(=O)NCc2ccc(-c3ccc(Cl)cc3)o2)nnc1-c1ccoc1C. The minimum absolute atomic E-state index is 0.131. The van der Waals surface area contributed by atoms with E-state index in [1.807, 2.05) is 54.0 Å². The smallest absolute Gasteiger partial charge is 0.230 e. The summed E-state index contributed by atoms with van der Waals surface area (Å²) in [6.07, 6.45) is 3.38. The first-order valence-corrected chi connectivity index (χ1v) is 11.2. The van der Waals surface area contributed by atoms with E-state index >= 15 is 0 Å². The lowest BCUT2D eigenvalue weighted by Crippen LogP contribution is -2.24. The third kappa shape index (κ3) is 4.98. The van der Waals surface area contributed by atoms with E-state index in [4.69, 9.17) is 20.4 Å². The molecule has 0 aliphatic carbocycles. The summed E-state index contributed by atoms with van der Waals surface area (Å²) in [5.41, 5.74) is 1.79. The lowest BCUT2D eigenvalue weighted by Gasteiger charge is -2.07. The number of allylic oxidation sites excluding steroid dienone is 1. The molecule has 1 N–H and O–H groups in total. The molecule has 164 valence electrons. The normalized spacial score (nSPS) is 10.9. The standard InChI is InChI=1S/C23H21ClN4O3S/c1-3-11-28-22(19-10-12-30-15(19)2)26-27-23(28)32-14-21(29)25-13-18-8-9-20(31-18)16-4-6-17(24)7-5-16/h3-10,12H,1,11,13-14H2,2H3,(H,25,29). The number of nitrogens with one attached hydrogen (secondary N) is 1. The van der Waals surface area contributed by atoms with Crippen LogP contribution in [0.1, 0.15) is 11.5 Å². The predicted molar refractivity (Wildman–Crippen MR) is 124 cm³/mol. The van der Waals surface area contributed by atoms with Gasteiger partial charge in [-0.1, -0.05) is 29.4 Å². The molecule has 0 fully saturated rings. The van der Waals surface area contributed by atoms with Crippen LogP contribution >= 0.6 is 23.4 Å². The number of hydrogen-bond acceptors (Lipinski definition) is 6. The molecule has 32 heavy (non-hydrogen) atoms. The molecule has 0 aliphatic rings. The fourth-order valence-electron chi connectivity index (χ4n) is 3.11. The van der Waals surface area contributed by atoms with Crippen LogP contribution in [-0.4, -0.2) is 26.4 Å². The number of carbonyl (C=O) groups is 1. The summed E-state index contributed by atoms with van der Waals surface area (Å²) < 4.78 is 13.1. The summed E-state index contributed by atoms with van der Waals surface area (Å²) in [7, 11) is 0. The van der Waals surface area contributed by atoms with Crippen molar-refractivity contribution in [3.05, 3.63) is 77.9 Å². The van der Waals surface area contributed by atoms with Crippen LogP contribution in [0.2, 0.25) is 5.02 Å². The Bertz CT molecular complexity index is 1230. The molecule has 0 atom stereocenters. The molecule has 0 bridgehead atoms. The molecule has 0 saturated heterocycles. The maximum Gasteiger partial charge on any atom is 0.230 e. The van der Waals surface area contributed by atoms with E-state index < -0.39 is 0 Å². The Kier molecular flexibility index (Phi) is 6.82. The molecule has 1 aromatic carbocycles. The zero-order valence-corrected chi connectivity index (χ0v) is 18.9. The molecule has 3 heterocycles. The lowest BCUT2D eigenvalue weighted by atomic mass is 10.2. The van der Waals surface area contributed by atoms with Crippen LogP contribution in [0.3, 0.4) is 0 Å². The Morgan fingerprint density at radius 1 is 1.22 bits per heavy atom. The number of amides is 1. The van der Waals surface area contributed by atoms with Crippen molar-refractivity contribution in [1.82, 2.24) is 20.1 Å². The van der Waals surface area contributed by atoms with Crippen molar-refractivity contribution < 1.29 is 13.6 Å². The molecule has 0 aliphatic heterocycles.